The number of aromatic nitrogens is 3. The molecule has 2 aromatic heterocycles. The minimum atomic E-state index is -0.347. The van der Waals surface area contributed by atoms with E-state index in [2.05, 4.69) is 18.9 Å². The van der Waals surface area contributed by atoms with Crippen LogP contribution in [0.2, 0.25) is 0 Å². The molecule has 0 saturated carbocycles. The summed E-state index contributed by atoms with van der Waals surface area (Å²) in [7, 11) is 0. The van der Waals surface area contributed by atoms with Crippen LogP contribution in [0, 0.1) is 10.1 Å². The minimum absolute atomic E-state index is 0.138. The van der Waals surface area contributed by atoms with Gasteiger partial charge in [-0.1, -0.05) is 6.07 Å². The van der Waals surface area contributed by atoms with E-state index < -0.39 is 0 Å². The zero-order chi connectivity index (χ0) is 15.0. The molecule has 0 fully saturated rings. The second kappa shape index (κ2) is 5.05. The highest BCUT2D eigenvalue weighted by atomic mass is 16.6. The first kappa shape index (κ1) is 13.4. The number of hydrogen-bond donors (Lipinski definition) is 0. The normalized spacial score (nSPS) is 11.4. The molecule has 21 heavy (non-hydrogen) atoms. The molecule has 2 heterocycles. The Kier molecular flexibility index (Phi) is 3.21. The molecule has 0 spiro atoms. The van der Waals surface area contributed by atoms with E-state index >= 15 is 0 Å². The van der Waals surface area contributed by atoms with E-state index in [9.17, 15) is 10.1 Å². The van der Waals surface area contributed by atoms with E-state index in [0.29, 0.717) is 18.0 Å². The molecule has 3 aromatic rings. The monoisotopic (exact) mass is 284 g/mol. The highest BCUT2D eigenvalue weighted by Gasteiger charge is 2.14. The van der Waals surface area contributed by atoms with Crippen molar-refractivity contribution in [3.8, 4) is 0 Å². The van der Waals surface area contributed by atoms with E-state index in [1.807, 2.05) is 33.8 Å². The zero-order valence-electron chi connectivity index (χ0n) is 11.9. The molecule has 0 amide bonds. The van der Waals surface area contributed by atoms with Gasteiger partial charge in [0.15, 0.2) is 0 Å². The van der Waals surface area contributed by atoms with Crippen LogP contribution in [0.5, 0.6) is 0 Å². The van der Waals surface area contributed by atoms with Crippen molar-refractivity contribution in [2.75, 3.05) is 0 Å². The fraction of sp³-hybridized carbons (Fsp3) is 0.267. The van der Waals surface area contributed by atoms with Gasteiger partial charge in [0.1, 0.15) is 0 Å². The Labute approximate surface area is 121 Å². The number of hydrogen-bond acceptors (Lipinski definition) is 3. The van der Waals surface area contributed by atoms with Crippen molar-refractivity contribution in [1.29, 1.82) is 0 Å². The Balaban J connectivity index is 1.97. The van der Waals surface area contributed by atoms with Crippen LogP contribution >= 0.6 is 0 Å². The highest BCUT2D eigenvalue weighted by Crippen LogP contribution is 2.26. The Morgan fingerprint density at radius 1 is 1.24 bits per heavy atom. The molecule has 108 valence electrons. The SMILES string of the molecule is CC(C)n1ccc(Cn2ccc3c([N+](=O)[O-])cccc32)n1. The molecule has 6 nitrogen and oxygen atoms in total. The molecule has 0 bridgehead atoms. The molecule has 3 rings (SSSR count). The molecule has 0 saturated heterocycles. The third-order valence-corrected chi connectivity index (χ3v) is 3.51. The van der Waals surface area contributed by atoms with E-state index in [1.54, 1.807) is 12.1 Å². The summed E-state index contributed by atoms with van der Waals surface area (Å²) in [6, 6.07) is 9.21. The molecule has 0 aliphatic heterocycles. The van der Waals surface area contributed by atoms with Gasteiger partial charge in [-0.2, -0.15) is 5.10 Å². The quantitative estimate of drug-likeness (QED) is 0.545. The van der Waals surface area contributed by atoms with Crippen LogP contribution in [0.1, 0.15) is 25.6 Å². The predicted octanol–water partition coefficient (Wildman–Crippen LogP) is 3.38. The molecule has 0 radical (unpaired) electrons. The molecular weight excluding hydrogens is 268 g/mol. The smallest absolute Gasteiger partial charge is 0.278 e. The fourth-order valence-electron chi connectivity index (χ4n) is 2.43. The second-order valence-corrected chi connectivity index (χ2v) is 5.29. The lowest BCUT2D eigenvalue weighted by molar-refractivity contribution is -0.383. The van der Waals surface area contributed by atoms with Crippen LogP contribution in [-0.2, 0) is 6.54 Å². The molecule has 0 unspecified atom stereocenters. The van der Waals surface area contributed by atoms with Gasteiger partial charge in [0.2, 0.25) is 0 Å². The van der Waals surface area contributed by atoms with Gasteiger partial charge in [0.05, 0.1) is 28.1 Å². The standard InChI is InChI=1S/C15H16N4O2/c1-11(2)18-9-6-12(16-18)10-17-8-7-13-14(17)4-3-5-15(13)19(20)21/h3-9,11H,10H2,1-2H3. The maximum atomic E-state index is 11.0. The average molecular weight is 284 g/mol. The van der Waals surface area contributed by atoms with Crippen molar-refractivity contribution < 1.29 is 4.92 Å². The van der Waals surface area contributed by atoms with Crippen molar-refractivity contribution in [3.05, 3.63) is 58.5 Å². The number of rotatable bonds is 4. The number of nitro groups is 1. The Morgan fingerprint density at radius 2 is 2.05 bits per heavy atom. The lowest BCUT2D eigenvalue weighted by atomic mass is 10.2. The van der Waals surface area contributed by atoms with Gasteiger partial charge < -0.3 is 4.57 Å². The van der Waals surface area contributed by atoms with Crippen molar-refractivity contribution in [2.45, 2.75) is 26.4 Å². The maximum absolute atomic E-state index is 11.0. The fourth-order valence-corrected chi connectivity index (χ4v) is 2.43. The summed E-state index contributed by atoms with van der Waals surface area (Å²) in [6.45, 7) is 4.75. The maximum Gasteiger partial charge on any atom is 0.278 e. The number of nitrogens with zero attached hydrogens (tertiary/aromatic N) is 4. The summed E-state index contributed by atoms with van der Waals surface area (Å²) < 4.78 is 3.89. The van der Waals surface area contributed by atoms with Crippen LogP contribution in [0.25, 0.3) is 10.9 Å². The third-order valence-electron chi connectivity index (χ3n) is 3.51. The van der Waals surface area contributed by atoms with Gasteiger partial charge in [-0.15, -0.1) is 0 Å². The van der Waals surface area contributed by atoms with E-state index in [4.69, 9.17) is 0 Å². The van der Waals surface area contributed by atoms with Crippen LogP contribution in [0.15, 0.2) is 42.7 Å². The van der Waals surface area contributed by atoms with Crippen molar-refractivity contribution in [2.24, 2.45) is 0 Å². The van der Waals surface area contributed by atoms with E-state index in [1.165, 1.54) is 6.07 Å². The van der Waals surface area contributed by atoms with Crippen LogP contribution in [0.3, 0.4) is 0 Å². The van der Waals surface area contributed by atoms with Gasteiger partial charge in [0, 0.05) is 24.5 Å². The predicted molar refractivity (Wildman–Crippen MR) is 80.3 cm³/mol. The number of nitro benzene ring substituents is 1. The van der Waals surface area contributed by atoms with Gasteiger partial charge in [-0.05, 0) is 32.0 Å². The largest absolute Gasteiger partial charge is 0.341 e. The average Bonchev–Trinajstić information content (AvgIpc) is 3.06. The number of non-ortho nitro benzene ring substituents is 1. The first-order chi connectivity index (χ1) is 10.1. The topological polar surface area (TPSA) is 65.9 Å². The summed E-state index contributed by atoms with van der Waals surface area (Å²) in [4.78, 5) is 10.7. The molecular formula is C15H16N4O2. The number of benzene rings is 1. The molecule has 0 atom stereocenters. The summed E-state index contributed by atoms with van der Waals surface area (Å²) in [6.07, 6.45) is 3.82. The van der Waals surface area contributed by atoms with Crippen LogP contribution in [-0.4, -0.2) is 19.3 Å². The summed E-state index contributed by atoms with van der Waals surface area (Å²) in [5, 5.41) is 16.2. The van der Waals surface area contributed by atoms with E-state index in [-0.39, 0.29) is 10.6 Å². The summed E-state index contributed by atoms with van der Waals surface area (Å²) in [5.41, 5.74) is 1.93. The Hall–Kier alpha value is -2.63. The van der Waals surface area contributed by atoms with Crippen molar-refractivity contribution >= 4 is 16.6 Å². The molecule has 6 heteroatoms. The molecule has 0 N–H and O–H groups in total. The lowest BCUT2D eigenvalue weighted by Crippen LogP contribution is -2.04. The molecule has 0 aliphatic carbocycles. The highest BCUT2D eigenvalue weighted by molar-refractivity contribution is 5.89. The summed E-state index contributed by atoms with van der Waals surface area (Å²) in [5.74, 6) is 0. The minimum Gasteiger partial charge on any atom is -0.341 e. The Bertz CT molecular complexity index is 801. The number of fused-ring (bicyclic) bond motifs is 1. The first-order valence-corrected chi connectivity index (χ1v) is 6.82. The van der Waals surface area contributed by atoms with Gasteiger partial charge in [-0.25, -0.2) is 0 Å². The van der Waals surface area contributed by atoms with Crippen molar-refractivity contribution in [1.82, 2.24) is 14.3 Å². The van der Waals surface area contributed by atoms with Crippen LogP contribution in [0.4, 0.5) is 5.69 Å². The van der Waals surface area contributed by atoms with Gasteiger partial charge in [-0.3, -0.25) is 14.8 Å². The molecule has 0 aliphatic rings. The third kappa shape index (κ3) is 2.40. The zero-order valence-corrected chi connectivity index (χ0v) is 11.9. The summed E-state index contributed by atoms with van der Waals surface area (Å²) >= 11 is 0. The van der Waals surface area contributed by atoms with E-state index in [0.717, 1.165) is 11.2 Å². The van der Waals surface area contributed by atoms with Gasteiger partial charge >= 0.3 is 0 Å². The Morgan fingerprint density at radius 3 is 2.71 bits per heavy atom. The van der Waals surface area contributed by atoms with Crippen LogP contribution < -0.4 is 0 Å². The van der Waals surface area contributed by atoms with Gasteiger partial charge in [0.25, 0.3) is 5.69 Å². The lowest BCUT2D eigenvalue weighted by Gasteiger charge is -2.05. The second-order valence-electron chi connectivity index (χ2n) is 5.29. The van der Waals surface area contributed by atoms with Crippen molar-refractivity contribution in [3.63, 3.8) is 0 Å². The first-order valence-electron chi connectivity index (χ1n) is 6.82. The molecule has 1 aromatic carbocycles.